The van der Waals surface area contributed by atoms with Crippen molar-refractivity contribution in [2.24, 2.45) is 7.05 Å². The number of benzene rings is 1. The fourth-order valence-corrected chi connectivity index (χ4v) is 3.88. The zero-order valence-corrected chi connectivity index (χ0v) is 15.9. The van der Waals surface area contributed by atoms with Crippen LogP contribution in [0.2, 0.25) is 0 Å². The average molecular weight is 376 g/mol. The Morgan fingerprint density at radius 3 is 3.08 bits per heavy atom. The van der Waals surface area contributed by atoms with Gasteiger partial charge in [-0.05, 0) is 18.1 Å². The maximum atomic E-state index is 12.7. The molecule has 1 aliphatic rings. The van der Waals surface area contributed by atoms with Crippen molar-refractivity contribution in [1.29, 1.82) is 0 Å². The van der Waals surface area contributed by atoms with Gasteiger partial charge in [0.1, 0.15) is 6.33 Å². The summed E-state index contributed by atoms with van der Waals surface area (Å²) < 4.78 is 7.23. The van der Waals surface area contributed by atoms with E-state index in [-0.39, 0.29) is 23.8 Å². The number of hydrogen-bond donors (Lipinski definition) is 1. The fourth-order valence-electron chi connectivity index (χ4n) is 2.97. The lowest BCUT2D eigenvalue weighted by Crippen LogP contribution is -2.51. The van der Waals surface area contributed by atoms with Crippen LogP contribution >= 0.6 is 11.8 Å². The molecule has 1 aromatic carbocycles. The highest BCUT2D eigenvalue weighted by Gasteiger charge is 2.26. The van der Waals surface area contributed by atoms with Crippen molar-refractivity contribution in [1.82, 2.24) is 19.7 Å². The molecule has 1 N–H and O–H groups in total. The van der Waals surface area contributed by atoms with E-state index < -0.39 is 0 Å². The van der Waals surface area contributed by atoms with Crippen LogP contribution in [-0.4, -0.2) is 63.1 Å². The first-order valence-electron chi connectivity index (χ1n) is 8.66. The van der Waals surface area contributed by atoms with E-state index in [0.717, 1.165) is 16.3 Å². The second-order valence-corrected chi connectivity index (χ2v) is 7.71. The molecule has 2 heterocycles. The molecule has 0 saturated carbocycles. The number of morpholine rings is 1. The number of aromatic nitrogens is 3. The lowest BCUT2D eigenvalue weighted by molar-refractivity contribution is -0.140. The largest absolute Gasteiger partial charge is 0.394 e. The minimum absolute atomic E-state index is 0.0260. The Labute approximate surface area is 157 Å². The van der Waals surface area contributed by atoms with Crippen LogP contribution in [0.3, 0.4) is 0 Å². The predicted molar refractivity (Wildman–Crippen MR) is 98.8 cm³/mol. The lowest BCUT2D eigenvalue weighted by atomic mass is 10.0. The molecule has 1 saturated heterocycles. The van der Waals surface area contributed by atoms with E-state index in [2.05, 4.69) is 29.3 Å². The summed E-state index contributed by atoms with van der Waals surface area (Å²) in [6, 6.07) is 7.84. The van der Waals surface area contributed by atoms with Gasteiger partial charge in [0, 0.05) is 18.8 Å². The third kappa shape index (κ3) is 4.44. The number of hydrogen-bond acceptors (Lipinski definition) is 6. The molecule has 7 nitrogen and oxygen atoms in total. The number of rotatable bonds is 6. The molecule has 8 heteroatoms. The fraction of sp³-hybridized carbons (Fsp3) is 0.500. The van der Waals surface area contributed by atoms with Crippen molar-refractivity contribution >= 4 is 17.7 Å². The van der Waals surface area contributed by atoms with Crippen molar-refractivity contribution in [2.45, 2.75) is 29.8 Å². The third-order valence-corrected chi connectivity index (χ3v) is 5.69. The first-order valence-corrected chi connectivity index (χ1v) is 9.54. The smallest absolute Gasteiger partial charge is 0.227 e. The van der Waals surface area contributed by atoms with E-state index in [4.69, 9.17) is 4.74 Å². The molecule has 0 spiro atoms. The van der Waals surface area contributed by atoms with Gasteiger partial charge in [0.15, 0.2) is 5.16 Å². The minimum atomic E-state index is -0.246. The normalized spacial score (nSPS) is 18.7. The van der Waals surface area contributed by atoms with E-state index in [1.54, 1.807) is 23.0 Å². The molecule has 3 rings (SSSR count). The molecule has 26 heavy (non-hydrogen) atoms. The molecule has 0 aliphatic carbocycles. The van der Waals surface area contributed by atoms with Crippen LogP contribution in [0.5, 0.6) is 0 Å². The van der Waals surface area contributed by atoms with E-state index in [1.165, 1.54) is 0 Å². The predicted octanol–water partition coefficient (Wildman–Crippen LogP) is 1.43. The van der Waals surface area contributed by atoms with Gasteiger partial charge in [-0.15, -0.1) is 10.2 Å². The summed E-state index contributed by atoms with van der Waals surface area (Å²) in [6.45, 7) is 3.49. The van der Waals surface area contributed by atoms with Crippen LogP contribution in [0.15, 0.2) is 35.7 Å². The number of amides is 1. The van der Waals surface area contributed by atoms with E-state index in [9.17, 15) is 9.90 Å². The molecule has 0 radical (unpaired) electrons. The molecule has 2 aromatic rings. The second-order valence-electron chi connectivity index (χ2n) is 6.40. The van der Waals surface area contributed by atoms with Crippen LogP contribution in [0, 0.1) is 0 Å². The summed E-state index contributed by atoms with van der Waals surface area (Å²) >= 11 is 1.63. The van der Waals surface area contributed by atoms with Crippen molar-refractivity contribution in [2.75, 3.05) is 26.4 Å². The van der Waals surface area contributed by atoms with E-state index in [0.29, 0.717) is 26.2 Å². The summed E-state index contributed by atoms with van der Waals surface area (Å²) in [6.07, 6.45) is 2.01. The number of aliphatic hydroxyl groups is 1. The maximum absolute atomic E-state index is 12.7. The SMILES string of the molecule is C[C@H](Sc1nncn1C)c1cccc(CC(=O)N2CCOCC2CO)c1. The third-order valence-electron chi connectivity index (χ3n) is 4.49. The zero-order valence-electron chi connectivity index (χ0n) is 15.0. The minimum Gasteiger partial charge on any atom is -0.394 e. The quantitative estimate of drug-likeness (QED) is 0.769. The molecule has 1 unspecified atom stereocenters. The number of carbonyl (C=O) groups is 1. The number of nitrogens with zero attached hydrogens (tertiary/aromatic N) is 4. The molecule has 1 aliphatic heterocycles. The number of aliphatic hydroxyl groups excluding tert-OH is 1. The monoisotopic (exact) mass is 376 g/mol. The summed E-state index contributed by atoms with van der Waals surface area (Å²) in [5.41, 5.74) is 2.12. The molecular weight excluding hydrogens is 352 g/mol. The summed E-state index contributed by atoms with van der Waals surface area (Å²) in [4.78, 5) is 14.4. The van der Waals surface area contributed by atoms with Crippen LogP contribution in [-0.2, 0) is 23.0 Å². The first-order chi connectivity index (χ1) is 12.6. The number of ether oxygens (including phenoxy) is 1. The van der Waals surface area contributed by atoms with Gasteiger partial charge in [-0.3, -0.25) is 4.79 Å². The Balaban J connectivity index is 1.67. The zero-order chi connectivity index (χ0) is 18.5. The van der Waals surface area contributed by atoms with Gasteiger partial charge in [-0.2, -0.15) is 0 Å². The van der Waals surface area contributed by atoms with Gasteiger partial charge < -0.3 is 19.3 Å². The molecule has 1 aromatic heterocycles. The maximum Gasteiger partial charge on any atom is 0.227 e. The standard InChI is InChI=1S/C18H24N4O3S/c1-13(26-18-20-19-12-21(18)2)15-5-3-4-14(8-15)9-17(24)22-6-7-25-11-16(22)10-23/h3-5,8,12-13,16,23H,6-7,9-11H2,1-2H3/t13-,16?/m0/s1. The van der Waals surface area contributed by atoms with E-state index in [1.807, 2.05) is 23.7 Å². The van der Waals surface area contributed by atoms with Crippen molar-refractivity contribution in [3.05, 3.63) is 41.7 Å². The Hall–Kier alpha value is -1.90. The van der Waals surface area contributed by atoms with Crippen molar-refractivity contribution < 1.29 is 14.6 Å². The van der Waals surface area contributed by atoms with Crippen molar-refractivity contribution in [3.8, 4) is 0 Å². The number of carbonyl (C=O) groups excluding carboxylic acids is 1. The molecule has 0 bridgehead atoms. The summed E-state index contributed by atoms with van der Waals surface area (Å²) in [5, 5.41) is 18.5. The highest BCUT2D eigenvalue weighted by molar-refractivity contribution is 7.99. The van der Waals surface area contributed by atoms with Crippen LogP contribution in [0.1, 0.15) is 23.3 Å². The highest BCUT2D eigenvalue weighted by atomic mass is 32.2. The van der Waals surface area contributed by atoms with Gasteiger partial charge in [0.25, 0.3) is 0 Å². The number of aryl methyl sites for hydroxylation is 1. The highest BCUT2D eigenvalue weighted by Crippen LogP contribution is 2.33. The summed E-state index contributed by atoms with van der Waals surface area (Å²) in [5.74, 6) is 0.0260. The Kier molecular flexibility index (Phi) is 6.29. The molecular formula is C18H24N4O3S. The first kappa shape index (κ1) is 18.9. The molecule has 140 valence electrons. The lowest BCUT2D eigenvalue weighted by Gasteiger charge is -2.34. The molecule has 1 fully saturated rings. The molecule has 1 amide bonds. The Bertz CT molecular complexity index is 752. The van der Waals surface area contributed by atoms with Crippen LogP contribution in [0.4, 0.5) is 0 Å². The topological polar surface area (TPSA) is 80.5 Å². The van der Waals surface area contributed by atoms with Gasteiger partial charge in [0.05, 0.1) is 32.3 Å². The van der Waals surface area contributed by atoms with Gasteiger partial charge >= 0.3 is 0 Å². The second kappa shape index (κ2) is 8.66. The van der Waals surface area contributed by atoms with Gasteiger partial charge in [-0.1, -0.05) is 36.0 Å². The average Bonchev–Trinajstić information content (AvgIpc) is 3.06. The van der Waals surface area contributed by atoms with Crippen LogP contribution in [0.25, 0.3) is 0 Å². The summed E-state index contributed by atoms with van der Waals surface area (Å²) in [7, 11) is 1.92. The number of thioether (sulfide) groups is 1. The van der Waals surface area contributed by atoms with Gasteiger partial charge in [-0.25, -0.2) is 0 Å². The van der Waals surface area contributed by atoms with E-state index >= 15 is 0 Å². The Morgan fingerprint density at radius 2 is 2.35 bits per heavy atom. The van der Waals surface area contributed by atoms with Crippen molar-refractivity contribution in [3.63, 3.8) is 0 Å². The Morgan fingerprint density at radius 1 is 1.50 bits per heavy atom. The van der Waals surface area contributed by atoms with Crippen LogP contribution < -0.4 is 0 Å². The van der Waals surface area contributed by atoms with Gasteiger partial charge in [0.2, 0.25) is 5.91 Å². The molecule has 2 atom stereocenters.